The van der Waals surface area contributed by atoms with E-state index in [-0.39, 0.29) is 0 Å². The second-order valence-corrected chi connectivity index (χ2v) is 5.21. The summed E-state index contributed by atoms with van der Waals surface area (Å²) in [6.45, 7) is 8.23. The molecule has 2 nitrogen and oxygen atoms in total. The van der Waals surface area contributed by atoms with E-state index in [0.717, 1.165) is 19.5 Å². The highest BCUT2D eigenvalue weighted by molar-refractivity contribution is 4.95. The highest BCUT2D eigenvalue weighted by atomic mass is 15.2. The predicted molar refractivity (Wildman–Crippen MR) is 67.2 cm³/mol. The fourth-order valence-corrected chi connectivity index (χ4v) is 2.44. The third kappa shape index (κ3) is 3.62. The molecule has 1 fully saturated rings. The van der Waals surface area contributed by atoms with Crippen molar-refractivity contribution in [2.75, 3.05) is 27.2 Å². The Hall–Kier alpha value is -0.340. The molecule has 0 heterocycles. The first-order valence-electron chi connectivity index (χ1n) is 6.09. The third-order valence-electron chi connectivity index (χ3n) is 3.67. The van der Waals surface area contributed by atoms with Gasteiger partial charge < -0.3 is 10.2 Å². The van der Waals surface area contributed by atoms with E-state index >= 15 is 0 Å². The molecule has 0 amide bonds. The Kier molecular flexibility index (Phi) is 4.81. The summed E-state index contributed by atoms with van der Waals surface area (Å²) in [5, 5.41) is 3.58. The Morgan fingerprint density at radius 3 is 2.40 bits per heavy atom. The van der Waals surface area contributed by atoms with Crippen LogP contribution in [-0.4, -0.2) is 37.6 Å². The van der Waals surface area contributed by atoms with E-state index < -0.39 is 0 Å². The molecule has 2 heteroatoms. The van der Waals surface area contributed by atoms with Gasteiger partial charge in [-0.3, -0.25) is 0 Å². The molecule has 0 aromatic heterocycles. The van der Waals surface area contributed by atoms with E-state index in [0.29, 0.717) is 5.54 Å². The third-order valence-corrected chi connectivity index (χ3v) is 3.67. The standard InChI is InChI=1S/C13H26N2/c1-12(2)7-10-14-11-13(15(3)4)8-5-6-9-13/h14H,1,5-11H2,2-4H3. The van der Waals surface area contributed by atoms with E-state index in [1.165, 1.54) is 31.3 Å². The van der Waals surface area contributed by atoms with Crippen molar-refractivity contribution in [2.24, 2.45) is 0 Å². The highest BCUT2D eigenvalue weighted by Crippen LogP contribution is 2.32. The van der Waals surface area contributed by atoms with Crippen molar-refractivity contribution in [3.05, 3.63) is 12.2 Å². The first kappa shape index (κ1) is 12.7. The number of hydrogen-bond acceptors (Lipinski definition) is 2. The van der Waals surface area contributed by atoms with Crippen molar-refractivity contribution in [2.45, 2.75) is 44.6 Å². The highest BCUT2D eigenvalue weighted by Gasteiger charge is 2.35. The molecule has 15 heavy (non-hydrogen) atoms. The van der Waals surface area contributed by atoms with E-state index in [1.807, 2.05) is 0 Å². The molecular formula is C13H26N2. The van der Waals surface area contributed by atoms with Crippen LogP contribution in [0.2, 0.25) is 0 Å². The number of hydrogen-bond donors (Lipinski definition) is 1. The largest absolute Gasteiger partial charge is 0.315 e. The fourth-order valence-electron chi connectivity index (χ4n) is 2.44. The molecular weight excluding hydrogens is 184 g/mol. The van der Waals surface area contributed by atoms with Gasteiger partial charge in [0.05, 0.1) is 0 Å². The Morgan fingerprint density at radius 1 is 1.33 bits per heavy atom. The van der Waals surface area contributed by atoms with Crippen LogP contribution in [0.1, 0.15) is 39.0 Å². The van der Waals surface area contributed by atoms with Crippen LogP contribution in [0.25, 0.3) is 0 Å². The lowest BCUT2D eigenvalue weighted by Crippen LogP contribution is -2.49. The predicted octanol–water partition coefficient (Wildman–Crippen LogP) is 2.42. The van der Waals surface area contributed by atoms with Crippen LogP contribution in [0.4, 0.5) is 0 Å². The first-order valence-corrected chi connectivity index (χ1v) is 6.09. The van der Waals surface area contributed by atoms with E-state index in [9.17, 15) is 0 Å². The van der Waals surface area contributed by atoms with Crippen LogP contribution in [0.5, 0.6) is 0 Å². The Bertz CT molecular complexity index is 203. The number of rotatable bonds is 6. The van der Waals surface area contributed by atoms with Gasteiger partial charge in [-0.1, -0.05) is 18.4 Å². The summed E-state index contributed by atoms with van der Waals surface area (Å²) in [6.07, 6.45) is 6.57. The molecule has 0 aliphatic heterocycles. The molecule has 88 valence electrons. The van der Waals surface area contributed by atoms with Crippen molar-refractivity contribution in [3.8, 4) is 0 Å². The molecule has 0 radical (unpaired) electrons. The Balaban J connectivity index is 2.30. The van der Waals surface area contributed by atoms with Gasteiger partial charge in [-0.05, 0) is 46.8 Å². The van der Waals surface area contributed by atoms with Gasteiger partial charge in [0.2, 0.25) is 0 Å². The summed E-state index contributed by atoms with van der Waals surface area (Å²) in [6, 6.07) is 0. The zero-order valence-electron chi connectivity index (χ0n) is 10.6. The summed E-state index contributed by atoms with van der Waals surface area (Å²) in [5.41, 5.74) is 1.70. The van der Waals surface area contributed by atoms with Crippen molar-refractivity contribution in [3.63, 3.8) is 0 Å². The molecule has 1 saturated carbocycles. The minimum absolute atomic E-state index is 0.426. The van der Waals surface area contributed by atoms with Crippen molar-refractivity contribution in [1.82, 2.24) is 10.2 Å². The minimum atomic E-state index is 0.426. The van der Waals surface area contributed by atoms with Gasteiger partial charge in [-0.2, -0.15) is 0 Å². The first-order chi connectivity index (χ1) is 7.07. The normalized spacial score (nSPS) is 19.7. The maximum Gasteiger partial charge on any atom is 0.0327 e. The number of nitrogens with one attached hydrogen (secondary N) is 1. The van der Waals surface area contributed by atoms with Crippen LogP contribution < -0.4 is 5.32 Å². The summed E-state index contributed by atoms with van der Waals surface area (Å²) in [4.78, 5) is 2.41. The maximum atomic E-state index is 3.93. The van der Waals surface area contributed by atoms with Gasteiger partial charge in [0.15, 0.2) is 0 Å². The second kappa shape index (κ2) is 5.66. The summed E-state index contributed by atoms with van der Waals surface area (Å²) < 4.78 is 0. The summed E-state index contributed by atoms with van der Waals surface area (Å²) >= 11 is 0. The lowest BCUT2D eigenvalue weighted by molar-refractivity contribution is 0.154. The lowest BCUT2D eigenvalue weighted by atomic mass is 9.96. The Morgan fingerprint density at radius 2 is 1.93 bits per heavy atom. The maximum absolute atomic E-state index is 3.93. The quantitative estimate of drug-likeness (QED) is 0.535. The molecule has 0 aromatic rings. The molecule has 1 N–H and O–H groups in total. The van der Waals surface area contributed by atoms with Crippen LogP contribution in [0.15, 0.2) is 12.2 Å². The topological polar surface area (TPSA) is 15.3 Å². The molecule has 0 spiro atoms. The van der Waals surface area contributed by atoms with E-state index in [1.54, 1.807) is 0 Å². The summed E-state index contributed by atoms with van der Waals surface area (Å²) in [7, 11) is 4.43. The molecule has 1 aliphatic carbocycles. The smallest absolute Gasteiger partial charge is 0.0327 e. The zero-order chi connectivity index (χ0) is 11.3. The molecule has 0 atom stereocenters. The molecule has 0 aromatic carbocycles. The van der Waals surface area contributed by atoms with E-state index in [2.05, 4.69) is 37.8 Å². The molecule has 0 saturated heterocycles. The van der Waals surface area contributed by atoms with Gasteiger partial charge in [-0.15, -0.1) is 6.58 Å². The monoisotopic (exact) mass is 210 g/mol. The van der Waals surface area contributed by atoms with Gasteiger partial charge >= 0.3 is 0 Å². The van der Waals surface area contributed by atoms with Gasteiger partial charge in [0.1, 0.15) is 0 Å². The van der Waals surface area contributed by atoms with Gasteiger partial charge in [-0.25, -0.2) is 0 Å². The van der Waals surface area contributed by atoms with Crippen molar-refractivity contribution < 1.29 is 0 Å². The van der Waals surface area contributed by atoms with Gasteiger partial charge in [0.25, 0.3) is 0 Å². The van der Waals surface area contributed by atoms with Crippen LogP contribution >= 0.6 is 0 Å². The number of likely N-dealkylation sites (N-methyl/N-ethyl adjacent to an activating group) is 1. The van der Waals surface area contributed by atoms with E-state index in [4.69, 9.17) is 0 Å². The average molecular weight is 210 g/mol. The molecule has 0 bridgehead atoms. The second-order valence-electron chi connectivity index (χ2n) is 5.21. The lowest BCUT2D eigenvalue weighted by Gasteiger charge is -2.36. The molecule has 0 unspecified atom stereocenters. The van der Waals surface area contributed by atoms with Crippen molar-refractivity contribution >= 4 is 0 Å². The SMILES string of the molecule is C=C(C)CCNCC1(N(C)C)CCCC1. The van der Waals surface area contributed by atoms with Gasteiger partial charge in [0, 0.05) is 12.1 Å². The average Bonchev–Trinajstić information content (AvgIpc) is 2.62. The number of nitrogens with zero attached hydrogens (tertiary/aromatic N) is 1. The zero-order valence-corrected chi connectivity index (χ0v) is 10.6. The fraction of sp³-hybridized carbons (Fsp3) is 0.846. The van der Waals surface area contributed by atoms with Crippen LogP contribution in [0.3, 0.4) is 0 Å². The molecule has 1 aliphatic rings. The minimum Gasteiger partial charge on any atom is -0.315 e. The van der Waals surface area contributed by atoms with Crippen molar-refractivity contribution in [1.29, 1.82) is 0 Å². The van der Waals surface area contributed by atoms with Crippen LogP contribution in [-0.2, 0) is 0 Å². The summed E-state index contributed by atoms with van der Waals surface area (Å²) in [5.74, 6) is 0. The molecule has 1 rings (SSSR count). The van der Waals surface area contributed by atoms with Crippen LogP contribution in [0, 0.1) is 0 Å². The Labute approximate surface area is 94.7 Å².